The van der Waals surface area contributed by atoms with Gasteiger partial charge < -0.3 is 14.6 Å². The summed E-state index contributed by atoms with van der Waals surface area (Å²) in [6.07, 6.45) is 0.391. The van der Waals surface area contributed by atoms with Crippen LogP contribution in [0.2, 0.25) is 0 Å². The average molecular weight is 272 g/mol. The molecule has 20 heavy (non-hydrogen) atoms. The minimum Gasteiger partial charge on any atom is -0.396 e. The van der Waals surface area contributed by atoms with Crippen LogP contribution in [0.1, 0.15) is 25.2 Å². The largest absolute Gasteiger partial charge is 0.396 e. The molecule has 2 aromatic carbocycles. The van der Waals surface area contributed by atoms with Gasteiger partial charge in [-0.15, -0.1) is 0 Å². The van der Waals surface area contributed by atoms with Gasteiger partial charge in [-0.25, -0.2) is 0 Å². The molecule has 1 saturated heterocycles. The number of hydrogen-bond donors (Lipinski definition) is 1. The molecule has 0 bridgehead atoms. The number of aliphatic hydroxyl groups is 1. The molecule has 1 heterocycles. The van der Waals surface area contributed by atoms with Gasteiger partial charge in [0.1, 0.15) is 0 Å². The molecule has 3 rings (SSSR count). The van der Waals surface area contributed by atoms with Crippen LogP contribution in [0.25, 0.3) is 10.8 Å². The van der Waals surface area contributed by atoms with Gasteiger partial charge in [-0.2, -0.15) is 0 Å². The van der Waals surface area contributed by atoms with E-state index in [-0.39, 0.29) is 18.3 Å². The van der Waals surface area contributed by atoms with Crippen LogP contribution >= 0.6 is 0 Å². The molecular weight excluding hydrogens is 252 g/mol. The van der Waals surface area contributed by atoms with Gasteiger partial charge in [0.05, 0.1) is 13.2 Å². The van der Waals surface area contributed by atoms with Crippen molar-refractivity contribution in [2.24, 2.45) is 5.41 Å². The summed E-state index contributed by atoms with van der Waals surface area (Å²) in [7, 11) is 0. The van der Waals surface area contributed by atoms with Crippen LogP contribution in [-0.2, 0) is 9.47 Å². The first-order chi connectivity index (χ1) is 9.72. The Morgan fingerprint density at radius 3 is 2.55 bits per heavy atom. The summed E-state index contributed by atoms with van der Waals surface area (Å²) in [6.45, 7) is 3.48. The predicted molar refractivity (Wildman–Crippen MR) is 78.4 cm³/mol. The Labute approximate surface area is 119 Å². The lowest BCUT2D eigenvalue weighted by molar-refractivity contribution is -0.232. The molecule has 0 amide bonds. The quantitative estimate of drug-likeness (QED) is 0.932. The molecule has 0 spiro atoms. The van der Waals surface area contributed by atoms with E-state index in [1.165, 1.54) is 10.8 Å². The maximum Gasteiger partial charge on any atom is 0.184 e. The molecule has 106 valence electrons. The molecule has 1 N–H and O–H groups in total. The van der Waals surface area contributed by atoms with Crippen LogP contribution < -0.4 is 0 Å². The smallest absolute Gasteiger partial charge is 0.184 e. The van der Waals surface area contributed by atoms with Crippen molar-refractivity contribution >= 4 is 10.8 Å². The Hall–Kier alpha value is -1.42. The molecule has 3 nitrogen and oxygen atoms in total. The lowest BCUT2D eigenvalue weighted by atomic mass is 9.88. The maximum atomic E-state index is 9.10. The lowest BCUT2D eigenvalue weighted by Gasteiger charge is -2.37. The molecule has 0 aliphatic carbocycles. The van der Waals surface area contributed by atoms with Gasteiger partial charge in [0, 0.05) is 17.6 Å². The van der Waals surface area contributed by atoms with Crippen LogP contribution in [0.15, 0.2) is 42.5 Å². The highest BCUT2D eigenvalue weighted by Crippen LogP contribution is 2.36. The van der Waals surface area contributed by atoms with E-state index >= 15 is 0 Å². The highest BCUT2D eigenvalue weighted by atomic mass is 16.7. The number of fused-ring (bicyclic) bond motifs is 1. The third-order valence-electron chi connectivity index (χ3n) is 3.96. The Morgan fingerprint density at radius 1 is 1.10 bits per heavy atom. The van der Waals surface area contributed by atoms with E-state index in [2.05, 4.69) is 31.2 Å². The fraction of sp³-hybridized carbons (Fsp3) is 0.412. The molecule has 1 aliphatic heterocycles. The minimum absolute atomic E-state index is 0.0875. The van der Waals surface area contributed by atoms with E-state index in [0.29, 0.717) is 19.6 Å². The number of benzene rings is 2. The molecule has 3 heteroatoms. The van der Waals surface area contributed by atoms with Gasteiger partial charge in [0.2, 0.25) is 0 Å². The Kier molecular flexibility index (Phi) is 3.74. The van der Waals surface area contributed by atoms with E-state index < -0.39 is 0 Å². The van der Waals surface area contributed by atoms with Crippen molar-refractivity contribution in [3.63, 3.8) is 0 Å². The molecule has 0 saturated carbocycles. The lowest BCUT2D eigenvalue weighted by Crippen LogP contribution is -2.37. The van der Waals surface area contributed by atoms with E-state index in [4.69, 9.17) is 14.6 Å². The van der Waals surface area contributed by atoms with Gasteiger partial charge in [0.15, 0.2) is 6.29 Å². The highest BCUT2D eigenvalue weighted by Gasteiger charge is 2.33. The number of aliphatic hydroxyl groups excluding tert-OH is 1. The molecular formula is C17H20O3. The van der Waals surface area contributed by atoms with Gasteiger partial charge in [-0.1, -0.05) is 49.4 Å². The molecule has 1 fully saturated rings. The zero-order chi connectivity index (χ0) is 14.0. The summed E-state index contributed by atoms with van der Waals surface area (Å²) in [5, 5.41) is 11.5. The van der Waals surface area contributed by atoms with Crippen LogP contribution in [0.4, 0.5) is 0 Å². The van der Waals surface area contributed by atoms with Gasteiger partial charge in [0.25, 0.3) is 0 Å². The minimum atomic E-state index is -0.312. The molecule has 0 radical (unpaired) electrons. The van der Waals surface area contributed by atoms with E-state index in [0.717, 1.165) is 5.56 Å². The second-order valence-electron chi connectivity index (χ2n) is 5.81. The number of ether oxygens (including phenoxy) is 2. The summed E-state index contributed by atoms with van der Waals surface area (Å²) >= 11 is 0. The second kappa shape index (κ2) is 5.52. The van der Waals surface area contributed by atoms with Crippen molar-refractivity contribution in [3.8, 4) is 0 Å². The standard InChI is InChI=1S/C17H20O3/c1-17(9-10-18)11-19-16(20-12-17)15-8-4-6-13-5-2-3-7-14(13)15/h2-8,16,18H,9-12H2,1H3. The van der Waals surface area contributed by atoms with Gasteiger partial charge in [-0.3, -0.25) is 0 Å². The third-order valence-corrected chi connectivity index (χ3v) is 3.96. The second-order valence-corrected chi connectivity index (χ2v) is 5.81. The van der Waals surface area contributed by atoms with Crippen molar-refractivity contribution < 1.29 is 14.6 Å². The van der Waals surface area contributed by atoms with E-state index in [9.17, 15) is 0 Å². The van der Waals surface area contributed by atoms with Crippen molar-refractivity contribution in [2.75, 3.05) is 19.8 Å². The molecule has 1 aliphatic rings. The average Bonchev–Trinajstić information content (AvgIpc) is 2.48. The van der Waals surface area contributed by atoms with Crippen molar-refractivity contribution in [3.05, 3.63) is 48.0 Å². The number of rotatable bonds is 3. The first-order valence-electron chi connectivity index (χ1n) is 7.04. The molecule has 0 unspecified atom stereocenters. The Balaban J connectivity index is 1.84. The zero-order valence-corrected chi connectivity index (χ0v) is 11.7. The number of hydrogen-bond acceptors (Lipinski definition) is 3. The normalized spacial score (nSPS) is 26.8. The van der Waals surface area contributed by atoms with Crippen molar-refractivity contribution in [1.82, 2.24) is 0 Å². The zero-order valence-electron chi connectivity index (χ0n) is 11.7. The van der Waals surface area contributed by atoms with E-state index in [1.807, 2.05) is 18.2 Å². The Bertz CT molecular complexity index is 580. The van der Waals surface area contributed by atoms with Crippen molar-refractivity contribution in [2.45, 2.75) is 19.6 Å². The summed E-state index contributed by atoms with van der Waals surface area (Å²) in [5.74, 6) is 0. The van der Waals surface area contributed by atoms with Gasteiger partial charge >= 0.3 is 0 Å². The summed E-state index contributed by atoms with van der Waals surface area (Å²) in [6, 6.07) is 14.4. The Morgan fingerprint density at radius 2 is 1.80 bits per heavy atom. The van der Waals surface area contributed by atoms with Crippen LogP contribution in [-0.4, -0.2) is 24.9 Å². The summed E-state index contributed by atoms with van der Waals surface area (Å²) in [4.78, 5) is 0. The fourth-order valence-corrected chi connectivity index (χ4v) is 2.69. The monoisotopic (exact) mass is 272 g/mol. The first kappa shape index (κ1) is 13.6. The summed E-state index contributed by atoms with van der Waals surface area (Å²) < 4.78 is 11.8. The van der Waals surface area contributed by atoms with Crippen molar-refractivity contribution in [1.29, 1.82) is 0 Å². The predicted octanol–water partition coefficient (Wildman–Crippen LogP) is 3.27. The van der Waals surface area contributed by atoms with Crippen LogP contribution in [0.3, 0.4) is 0 Å². The fourth-order valence-electron chi connectivity index (χ4n) is 2.69. The maximum absolute atomic E-state index is 9.10. The highest BCUT2D eigenvalue weighted by molar-refractivity contribution is 5.85. The van der Waals surface area contributed by atoms with Gasteiger partial charge in [-0.05, 0) is 17.2 Å². The SMILES string of the molecule is CC1(CCO)COC(c2cccc3ccccc23)OC1. The third kappa shape index (κ3) is 2.57. The molecule has 0 aromatic heterocycles. The van der Waals surface area contributed by atoms with E-state index in [1.54, 1.807) is 0 Å². The summed E-state index contributed by atoms with van der Waals surface area (Å²) in [5.41, 5.74) is 0.990. The first-order valence-corrected chi connectivity index (χ1v) is 7.04. The topological polar surface area (TPSA) is 38.7 Å². The van der Waals surface area contributed by atoms with Crippen LogP contribution in [0, 0.1) is 5.41 Å². The molecule has 0 atom stereocenters. The molecule has 2 aromatic rings. The van der Waals surface area contributed by atoms with Crippen LogP contribution in [0.5, 0.6) is 0 Å².